The van der Waals surface area contributed by atoms with E-state index in [4.69, 9.17) is 9.47 Å². The first-order chi connectivity index (χ1) is 15.9. The van der Waals surface area contributed by atoms with Crippen LogP contribution in [0.2, 0.25) is 0 Å². The number of rotatable bonds is 6. The Hall–Kier alpha value is -4.19. The Labute approximate surface area is 192 Å². The zero-order valence-electron chi connectivity index (χ0n) is 18.7. The molecule has 0 saturated carbocycles. The van der Waals surface area contributed by atoms with E-state index in [0.717, 1.165) is 22.4 Å². The molecule has 0 unspecified atom stereocenters. The number of anilines is 1. The van der Waals surface area contributed by atoms with Crippen molar-refractivity contribution in [1.29, 1.82) is 0 Å². The molecule has 0 bridgehead atoms. The van der Waals surface area contributed by atoms with E-state index in [2.05, 4.69) is 10.3 Å². The van der Waals surface area contributed by atoms with Crippen molar-refractivity contribution in [3.05, 3.63) is 89.5 Å². The number of benzene rings is 3. The molecule has 0 radical (unpaired) electrons. The average molecular weight is 440 g/mol. The lowest BCUT2D eigenvalue weighted by molar-refractivity contribution is -0.119. The summed E-state index contributed by atoms with van der Waals surface area (Å²) < 4.78 is 10.6. The Morgan fingerprint density at radius 3 is 2.30 bits per heavy atom. The Bertz CT molecular complexity index is 1310. The van der Waals surface area contributed by atoms with Crippen LogP contribution >= 0.6 is 0 Å². The smallest absolute Gasteiger partial charge is 0.339 e. The zero-order chi connectivity index (χ0) is 23.4. The highest BCUT2D eigenvalue weighted by Crippen LogP contribution is 2.27. The third-order valence-electron chi connectivity index (χ3n) is 5.16. The molecular weight excluding hydrogens is 416 g/mol. The summed E-state index contributed by atoms with van der Waals surface area (Å²) in [4.78, 5) is 30.0. The van der Waals surface area contributed by atoms with Gasteiger partial charge in [-0.2, -0.15) is 0 Å². The van der Waals surface area contributed by atoms with E-state index >= 15 is 0 Å². The van der Waals surface area contributed by atoms with Gasteiger partial charge in [0.2, 0.25) is 0 Å². The van der Waals surface area contributed by atoms with Gasteiger partial charge in [-0.05, 0) is 73.5 Å². The van der Waals surface area contributed by atoms with Gasteiger partial charge in [0, 0.05) is 16.6 Å². The fourth-order valence-corrected chi connectivity index (χ4v) is 3.71. The summed E-state index contributed by atoms with van der Waals surface area (Å²) in [5, 5.41) is 3.44. The van der Waals surface area contributed by atoms with Crippen LogP contribution in [0.4, 0.5) is 5.69 Å². The van der Waals surface area contributed by atoms with E-state index in [1.807, 2.05) is 80.6 Å². The van der Waals surface area contributed by atoms with Crippen LogP contribution in [0.5, 0.6) is 5.75 Å². The molecule has 6 nitrogen and oxygen atoms in total. The number of methoxy groups -OCH3 is 1. The minimum atomic E-state index is -0.584. The monoisotopic (exact) mass is 440 g/mol. The maximum absolute atomic E-state index is 13.0. The summed E-state index contributed by atoms with van der Waals surface area (Å²) in [5.41, 5.74) is 5.23. The first-order valence-electron chi connectivity index (χ1n) is 10.5. The first kappa shape index (κ1) is 22.0. The Morgan fingerprint density at radius 2 is 1.61 bits per heavy atom. The highest BCUT2D eigenvalue weighted by Gasteiger charge is 2.17. The summed E-state index contributed by atoms with van der Waals surface area (Å²) in [7, 11) is 1.60. The van der Waals surface area contributed by atoms with E-state index in [0.29, 0.717) is 27.8 Å². The molecule has 1 amide bonds. The number of aromatic nitrogens is 1. The average Bonchev–Trinajstić information content (AvgIpc) is 2.81. The molecule has 4 rings (SSSR count). The quantitative estimate of drug-likeness (QED) is 0.411. The second-order valence-electron chi connectivity index (χ2n) is 7.80. The maximum atomic E-state index is 13.0. The van der Waals surface area contributed by atoms with E-state index in [-0.39, 0.29) is 6.61 Å². The molecular formula is C27H24N2O4. The number of fused-ring (bicyclic) bond motifs is 1. The predicted octanol–water partition coefficient (Wildman–Crippen LogP) is 5.32. The molecule has 0 aliphatic heterocycles. The van der Waals surface area contributed by atoms with Gasteiger partial charge < -0.3 is 14.8 Å². The van der Waals surface area contributed by atoms with Crippen molar-refractivity contribution in [2.24, 2.45) is 0 Å². The second kappa shape index (κ2) is 9.53. The van der Waals surface area contributed by atoms with Crippen molar-refractivity contribution >= 4 is 28.5 Å². The van der Waals surface area contributed by atoms with Gasteiger partial charge in [0.15, 0.2) is 6.61 Å². The second-order valence-corrected chi connectivity index (χ2v) is 7.80. The number of pyridine rings is 1. The summed E-state index contributed by atoms with van der Waals surface area (Å²) in [6.07, 6.45) is 0. The normalized spacial score (nSPS) is 10.6. The van der Waals surface area contributed by atoms with Gasteiger partial charge in [-0.25, -0.2) is 9.78 Å². The van der Waals surface area contributed by atoms with E-state index in [1.54, 1.807) is 13.2 Å². The molecule has 0 atom stereocenters. The lowest BCUT2D eigenvalue weighted by Gasteiger charge is -2.11. The zero-order valence-corrected chi connectivity index (χ0v) is 18.7. The molecule has 33 heavy (non-hydrogen) atoms. The van der Waals surface area contributed by atoms with Gasteiger partial charge >= 0.3 is 5.97 Å². The van der Waals surface area contributed by atoms with E-state index in [1.165, 1.54) is 0 Å². The van der Waals surface area contributed by atoms with Crippen molar-refractivity contribution in [2.45, 2.75) is 13.8 Å². The van der Waals surface area contributed by atoms with Gasteiger partial charge in [0.25, 0.3) is 5.91 Å². The molecule has 6 heteroatoms. The van der Waals surface area contributed by atoms with Gasteiger partial charge in [0.1, 0.15) is 5.75 Å². The number of hydrogen-bond acceptors (Lipinski definition) is 5. The van der Waals surface area contributed by atoms with Crippen molar-refractivity contribution in [1.82, 2.24) is 4.98 Å². The number of esters is 1. The van der Waals surface area contributed by atoms with Crippen LogP contribution in [0.25, 0.3) is 22.2 Å². The standard InChI is InChI=1S/C27H24N2O4/c1-17-12-18(2)14-20(13-17)28-26(30)16-33-27(31)23-15-25(19-8-10-21(32-3)11-9-19)29-24-7-5-4-6-22(23)24/h4-15H,16H2,1-3H3,(H,28,30). The number of amides is 1. The number of aryl methyl sites for hydroxylation is 2. The number of carbonyl (C=O) groups is 2. The maximum Gasteiger partial charge on any atom is 0.339 e. The van der Waals surface area contributed by atoms with Crippen LogP contribution in [0.15, 0.2) is 72.8 Å². The minimum absolute atomic E-state index is 0.352. The number of hydrogen-bond donors (Lipinski definition) is 1. The fourth-order valence-electron chi connectivity index (χ4n) is 3.71. The molecule has 1 heterocycles. The largest absolute Gasteiger partial charge is 0.497 e. The summed E-state index contributed by atoms with van der Waals surface area (Å²) in [6.45, 7) is 3.52. The predicted molar refractivity (Wildman–Crippen MR) is 129 cm³/mol. The molecule has 0 aliphatic carbocycles. The number of carbonyl (C=O) groups excluding carboxylic acids is 2. The Kier molecular flexibility index (Phi) is 6.36. The van der Waals surface area contributed by atoms with Gasteiger partial charge in [0.05, 0.1) is 23.9 Å². The third-order valence-corrected chi connectivity index (χ3v) is 5.16. The van der Waals surface area contributed by atoms with Crippen molar-refractivity contribution < 1.29 is 19.1 Å². The number of ether oxygens (including phenoxy) is 2. The van der Waals surface area contributed by atoms with Crippen molar-refractivity contribution in [3.8, 4) is 17.0 Å². The number of nitrogens with one attached hydrogen (secondary N) is 1. The molecule has 0 aliphatic rings. The van der Waals surface area contributed by atoms with Gasteiger partial charge in [-0.3, -0.25) is 4.79 Å². The SMILES string of the molecule is COc1ccc(-c2cc(C(=O)OCC(=O)Nc3cc(C)cc(C)c3)c3ccccc3n2)cc1. The molecule has 0 spiro atoms. The Morgan fingerprint density at radius 1 is 0.909 bits per heavy atom. The molecule has 0 saturated heterocycles. The van der Waals surface area contributed by atoms with Crippen LogP contribution < -0.4 is 10.1 Å². The topological polar surface area (TPSA) is 77.5 Å². The molecule has 1 N–H and O–H groups in total. The Balaban J connectivity index is 1.56. The fraction of sp³-hybridized carbons (Fsp3) is 0.148. The highest BCUT2D eigenvalue weighted by molar-refractivity contribution is 6.05. The van der Waals surface area contributed by atoms with Crippen molar-refractivity contribution in [2.75, 3.05) is 19.0 Å². The van der Waals surface area contributed by atoms with E-state index in [9.17, 15) is 9.59 Å². The van der Waals surface area contributed by atoms with Crippen LogP contribution in [-0.4, -0.2) is 30.6 Å². The molecule has 4 aromatic rings. The lowest BCUT2D eigenvalue weighted by Crippen LogP contribution is -2.21. The summed E-state index contributed by atoms with van der Waals surface area (Å²) >= 11 is 0. The lowest BCUT2D eigenvalue weighted by atomic mass is 10.0. The molecule has 166 valence electrons. The number of nitrogens with zero attached hydrogens (tertiary/aromatic N) is 1. The van der Waals surface area contributed by atoms with Crippen LogP contribution in [-0.2, 0) is 9.53 Å². The van der Waals surface area contributed by atoms with E-state index < -0.39 is 11.9 Å². The third kappa shape index (κ3) is 5.18. The molecule has 3 aromatic carbocycles. The van der Waals surface area contributed by atoms with Crippen LogP contribution in [0.3, 0.4) is 0 Å². The summed E-state index contributed by atoms with van der Waals surface area (Å²) in [6, 6.07) is 22.2. The molecule has 1 aromatic heterocycles. The minimum Gasteiger partial charge on any atom is -0.497 e. The van der Waals surface area contributed by atoms with Gasteiger partial charge in [-0.1, -0.05) is 24.3 Å². The first-order valence-corrected chi connectivity index (χ1v) is 10.5. The molecule has 0 fully saturated rings. The number of para-hydroxylation sites is 1. The summed E-state index contributed by atoms with van der Waals surface area (Å²) in [5.74, 6) is -0.255. The van der Waals surface area contributed by atoms with Crippen LogP contribution in [0, 0.1) is 13.8 Å². The highest BCUT2D eigenvalue weighted by atomic mass is 16.5. The van der Waals surface area contributed by atoms with Crippen molar-refractivity contribution in [3.63, 3.8) is 0 Å². The van der Waals surface area contributed by atoms with Crippen LogP contribution in [0.1, 0.15) is 21.5 Å². The van der Waals surface area contributed by atoms with Gasteiger partial charge in [-0.15, -0.1) is 0 Å².